The van der Waals surface area contributed by atoms with Gasteiger partial charge >= 0.3 is 6.03 Å². The number of carbonyl (C=O) groups is 1. The maximum atomic E-state index is 12.6. The molecular weight excluding hydrogens is 302 g/mol. The second kappa shape index (κ2) is 8.92. The van der Waals surface area contributed by atoms with E-state index in [0.717, 1.165) is 31.7 Å². The zero-order chi connectivity index (χ0) is 17.5. The van der Waals surface area contributed by atoms with Crippen LogP contribution >= 0.6 is 0 Å². The molecule has 1 aliphatic heterocycles. The standard InChI is InChI=1S/C19H31N3O2/c1-5-16(14-24-17-9-7-6-8-10-17)20-19(23)22(4)18-11-12-21(3)13-15(18)2/h6-10,15-16,18H,5,11-14H2,1-4H3,(H,20,23)/t15-,16+,18+/m0/s1. The molecule has 1 heterocycles. The fraction of sp³-hybridized carbons (Fsp3) is 0.632. The van der Waals surface area contributed by atoms with Crippen LogP contribution in [0.3, 0.4) is 0 Å². The number of piperidine rings is 1. The van der Waals surface area contributed by atoms with Gasteiger partial charge in [0.1, 0.15) is 12.4 Å². The van der Waals surface area contributed by atoms with E-state index in [9.17, 15) is 4.79 Å². The van der Waals surface area contributed by atoms with Gasteiger partial charge < -0.3 is 19.9 Å². The molecule has 1 aromatic carbocycles. The summed E-state index contributed by atoms with van der Waals surface area (Å²) < 4.78 is 5.78. The van der Waals surface area contributed by atoms with Crippen LogP contribution in [-0.4, -0.2) is 61.7 Å². The number of benzene rings is 1. The Morgan fingerprint density at radius 1 is 1.42 bits per heavy atom. The topological polar surface area (TPSA) is 44.8 Å². The van der Waals surface area contributed by atoms with Crippen molar-refractivity contribution in [3.8, 4) is 5.75 Å². The lowest BCUT2D eigenvalue weighted by Gasteiger charge is -2.40. The minimum atomic E-state index is -0.0000789. The highest BCUT2D eigenvalue weighted by molar-refractivity contribution is 5.74. The van der Waals surface area contributed by atoms with E-state index in [4.69, 9.17) is 4.74 Å². The Bertz CT molecular complexity index is 509. The number of likely N-dealkylation sites (tertiary alicyclic amines) is 1. The maximum Gasteiger partial charge on any atom is 0.317 e. The van der Waals surface area contributed by atoms with E-state index in [0.29, 0.717) is 18.6 Å². The Hall–Kier alpha value is -1.75. The first-order valence-corrected chi connectivity index (χ1v) is 8.91. The summed E-state index contributed by atoms with van der Waals surface area (Å²) in [6, 6.07) is 10.0. The Balaban J connectivity index is 1.84. The van der Waals surface area contributed by atoms with Crippen LogP contribution in [0.2, 0.25) is 0 Å². The molecule has 5 nitrogen and oxygen atoms in total. The highest BCUT2D eigenvalue weighted by Gasteiger charge is 2.30. The van der Waals surface area contributed by atoms with Crippen molar-refractivity contribution in [3.05, 3.63) is 30.3 Å². The zero-order valence-corrected chi connectivity index (χ0v) is 15.4. The SMILES string of the molecule is CC[C@H](COc1ccccc1)NC(=O)N(C)[C@@H]1CCN(C)C[C@@H]1C. The maximum absolute atomic E-state index is 12.6. The van der Waals surface area contributed by atoms with Crippen LogP contribution in [0.5, 0.6) is 5.75 Å². The number of rotatable bonds is 6. The second-order valence-corrected chi connectivity index (χ2v) is 6.89. The lowest BCUT2D eigenvalue weighted by molar-refractivity contribution is 0.104. The van der Waals surface area contributed by atoms with Crippen LogP contribution in [0.1, 0.15) is 26.7 Å². The summed E-state index contributed by atoms with van der Waals surface area (Å²) in [6.45, 7) is 6.86. The van der Waals surface area contributed by atoms with Crippen molar-refractivity contribution in [2.75, 3.05) is 33.8 Å². The van der Waals surface area contributed by atoms with Crippen LogP contribution in [0, 0.1) is 5.92 Å². The van der Waals surface area contributed by atoms with Crippen LogP contribution in [0.4, 0.5) is 4.79 Å². The van der Waals surface area contributed by atoms with Gasteiger partial charge in [0, 0.05) is 19.6 Å². The first kappa shape index (κ1) is 18.6. The summed E-state index contributed by atoms with van der Waals surface area (Å²) in [5.41, 5.74) is 0. The van der Waals surface area contributed by atoms with Gasteiger partial charge in [0.15, 0.2) is 0 Å². The number of hydrogen-bond acceptors (Lipinski definition) is 3. The Kier molecular flexibility index (Phi) is 6.91. The van der Waals surface area contributed by atoms with E-state index >= 15 is 0 Å². The predicted octanol–water partition coefficient (Wildman–Crippen LogP) is 2.83. The van der Waals surface area contributed by atoms with E-state index in [1.54, 1.807) is 0 Å². The molecular formula is C19H31N3O2. The molecule has 24 heavy (non-hydrogen) atoms. The molecule has 0 bridgehead atoms. The van der Waals surface area contributed by atoms with Gasteiger partial charge in [-0.1, -0.05) is 32.0 Å². The summed E-state index contributed by atoms with van der Waals surface area (Å²) in [5, 5.41) is 3.11. The molecule has 5 heteroatoms. The third-order valence-electron chi connectivity index (χ3n) is 4.90. The predicted molar refractivity (Wildman–Crippen MR) is 97.4 cm³/mol. The molecule has 1 aliphatic rings. The number of nitrogens with zero attached hydrogens (tertiary/aromatic N) is 2. The molecule has 1 saturated heterocycles. The summed E-state index contributed by atoms with van der Waals surface area (Å²) in [7, 11) is 4.05. The third kappa shape index (κ3) is 5.13. The molecule has 1 fully saturated rings. The van der Waals surface area contributed by atoms with Crippen molar-refractivity contribution in [2.24, 2.45) is 5.92 Å². The van der Waals surface area contributed by atoms with Gasteiger partial charge in [-0.15, -0.1) is 0 Å². The van der Waals surface area contributed by atoms with Gasteiger partial charge in [0.25, 0.3) is 0 Å². The number of para-hydroxylation sites is 1. The van der Waals surface area contributed by atoms with Crippen molar-refractivity contribution in [2.45, 2.75) is 38.8 Å². The normalized spacial score (nSPS) is 22.7. The molecule has 0 radical (unpaired) electrons. The molecule has 2 rings (SSSR count). The molecule has 0 saturated carbocycles. The number of urea groups is 1. The average Bonchev–Trinajstić information content (AvgIpc) is 2.58. The quantitative estimate of drug-likeness (QED) is 0.871. The van der Waals surface area contributed by atoms with Gasteiger partial charge in [0.2, 0.25) is 0 Å². The average molecular weight is 333 g/mol. The largest absolute Gasteiger partial charge is 0.491 e. The Morgan fingerprint density at radius 3 is 2.75 bits per heavy atom. The fourth-order valence-corrected chi connectivity index (χ4v) is 3.32. The molecule has 0 aromatic heterocycles. The smallest absolute Gasteiger partial charge is 0.317 e. The molecule has 0 spiro atoms. The fourth-order valence-electron chi connectivity index (χ4n) is 3.32. The van der Waals surface area contributed by atoms with Crippen LogP contribution in [0.15, 0.2) is 30.3 Å². The summed E-state index contributed by atoms with van der Waals surface area (Å²) in [6.07, 6.45) is 1.87. The highest BCUT2D eigenvalue weighted by atomic mass is 16.5. The van der Waals surface area contributed by atoms with Gasteiger partial charge in [-0.05, 0) is 44.5 Å². The summed E-state index contributed by atoms with van der Waals surface area (Å²) in [4.78, 5) is 16.8. The van der Waals surface area contributed by atoms with Crippen LogP contribution in [-0.2, 0) is 0 Å². The monoisotopic (exact) mass is 333 g/mol. The Labute approximate surface area is 146 Å². The summed E-state index contributed by atoms with van der Waals surface area (Å²) in [5.74, 6) is 1.32. The Morgan fingerprint density at radius 2 is 2.12 bits per heavy atom. The molecule has 2 amide bonds. The van der Waals surface area contributed by atoms with Gasteiger partial charge in [-0.3, -0.25) is 0 Å². The van der Waals surface area contributed by atoms with Crippen LogP contribution in [0.25, 0.3) is 0 Å². The van der Waals surface area contributed by atoms with E-state index < -0.39 is 0 Å². The number of ether oxygens (including phenoxy) is 1. The molecule has 1 N–H and O–H groups in total. The number of hydrogen-bond donors (Lipinski definition) is 1. The molecule has 134 valence electrons. The number of carbonyl (C=O) groups excluding carboxylic acids is 1. The van der Waals surface area contributed by atoms with E-state index in [-0.39, 0.29) is 12.1 Å². The molecule has 0 unspecified atom stereocenters. The van der Waals surface area contributed by atoms with Crippen molar-refractivity contribution in [1.82, 2.24) is 15.1 Å². The van der Waals surface area contributed by atoms with Gasteiger partial charge in [0.05, 0.1) is 6.04 Å². The van der Waals surface area contributed by atoms with E-state index in [1.165, 1.54) is 0 Å². The first-order valence-electron chi connectivity index (χ1n) is 8.91. The molecule has 0 aliphatic carbocycles. The highest BCUT2D eigenvalue weighted by Crippen LogP contribution is 2.20. The lowest BCUT2D eigenvalue weighted by atomic mass is 9.93. The van der Waals surface area contributed by atoms with Crippen molar-refractivity contribution < 1.29 is 9.53 Å². The zero-order valence-electron chi connectivity index (χ0n) is 15.4. The number of amides is 2. The molecule has 1 aromatic rings. The van der Waals surface area contributed by atoms with Crippen molar-refractivity contribution in [1.29, 1.82) is 0 Å². The third-order valence-corrected chi connectivity index (χ3v) is 4.90. The minimum Gasteiger partial charge on any atom is -0.491 e. The van der Waals surface area contributed by atoms with Crippen LogP contribution < -0.4 is 10.1 Å². The van der Waals surface area contributed by atoms with E-state index in [2.05, 4.69) is 31.1 Å². The number of nitrogens with one attached hydrogen (secondary N) is 1. The first-order chi connectivity index (χ1) is 11.5. The van der Waals surface area contributed by atoms with E-state index in [1.807, 2.05) is 42.3 Å². The lowest BCUT2D eigenvalue weighted by Crippen LogP contribution is -2.54. The minimum absolute atomic E-state index is 0.0000789. The van der Waals surface area contributed by atoms with Crippen molar-refractivity contribution >= 4 is 6.03 Å². The summed E-state index contributed by atoms with van der Waals surface area (Å²) >= 11 is 0. The second-order valence-electron chi connectivity index (χ2n) is 6.89. The van der Waals surface area contributed by atoms with Gasteiger partial charge in [-0.25, -0.2) is 4.79 Å². The van der Waals surface area contributed by atoms with Crippen molar-refractivity contribution in [3.63, 3.8) is 0 Å². The van der Waals surface area contributed by atoms with Gasteiger partial charge in [-0.2, -0.15) is 0 Å². The molecule has 3 atom stereocenters.